The summed E-state index contributed by atoms with van der Waals surface area (Å²) in [6.45, 7) is 8.18. The fourth-order valence-corrected chi connectivity index (χ4v) is 2.56. The van der Waals surface area contributed by atoms with Gasteiger partial charge in [-0.15, -0.1) is 0 Å². The SMILES string of the molecule is CCCCCC(C)N1C[C@@H](C)[C@H](C(=O)O)C1. The van der Waals surface area contributed by atoms with E-state index in [1.54, 1.807) is 0 Å². The fourth-order valence-electron chi connectivity index (χ4n) is 2.56. The lowest BCUT2D eigenvalue weighted by Gasteiger charge is -2.24. The number of carboxylic acids is 1. The largest absolute Gasteiger partial charge is 0.481 e. The summed E-state index contributed by atoms with van der Waals surface area (Å²) in [6, 6.07) is 0.540. The normalized spacial score (nSPS) is 28.2. The number of rotatable bonds is 6. The molecule has 1 N–H and O–H groups in total. The van der Waals surface area contributed by atoms with Crippen LogP contribution in [-0.4, -0.2) is 35.1 Å². The summed E-state index contributed by atoms with van der Waals surface area (Å²) in [4.78, 5) is 13.4. The monoisotopic (exact) mass is 227 g/mol. The lowest BCUT2D eigenvalue weighted by molar-refractivity contribution is -0.142. The van der Waals surface area contributed by atoms with Gasteiger partial charge in [0.15, 0.2) is 0 Å². The number of hydrogen-bond acceptors (Lipinski definition) is 2. The summed E-state index contributed by atoms with van der Waals surface area (Å²) in [5.74, 6) is -0.490. The molecule has 0 aliphatic carbocycles. The van der Waals surface area contributed by atoms with Gasteiger partial charge in [0.1, 0.15) is 0 Å². The summed E-state index contributed by atoms with van der Waals surface area (Å²) < 4.78 is 0. The number of likely N-dealkylation sites (tertiary alicyclic amines) is 1. The zero-order chi connectivity index (χ0) is 12.1. The minimum absolute atomic E-state index is 0.159. The van der Waals surface area contributed by atoms with E-state index in [0.29, 0.717) is 12.0 Å². The highest BCUT2D eigenvalue weighted by molar-refractivity contribution is 5.71. The molecule has 1 aliphatic heterocycles. The second-order valence-corrected chi connectivity index (χ2v) is 5.22. The molecule has 3 nitrogen and oxygen atoms in total. The first-order chi connectivity index (χ1) is 7.56. The van der Waals surface area contributed by atoms with Gasteiger partial charge in [0.2, 0.25) is 0 Å². The third-order valence-electron chi connectivity index (χ3n) is 3.81. The van der Waals surface area contributed by atoms with Crippen LogP contribution in [-0.2, 0) is 4.79 Å². The van der Waals surface area contributed by atoms with Gasteiger partial charge in [0.25, 0.3) is 0 Å². The molecule has 1 rings (SSSR count). The molecule has 0 aromatic heterocycles. The second-order valence-electron chi connectivity index (χ2n) is 5.22. The number of unbranched alkanes of at least 4 members (excludes halogenated alkanes) is 2. The average molecular weight is 227 g/mol. The quantitative estimate of drug-likeness (QED) is 0.709. The molecule has 0 aromatic rings. The highest BCUT2D eigenvalue weighted by Gasteiger charge is 2.36. The van der Waals surface area contributed by atoms with Crippen LogP contribution in [0.5, 0.6) is 0 Å². The van der Waals surface area contributed by atoms with Gasteiger partial charge in [0.05, 0.1) is 5.92 Å². The van der Waals surface area contributed by atoms with Gasteiger partial charge in [-0.1, -0.05) is 33.1 Å². The zero-order valence-electron chi connectivity index (χ0n) is 10.8. The molecule has 0 aromatic carbocycles. The molecular formula is C13H25NO2. The summed E-state index contributed by atoms with van der Waals surface area (Å²) >= 11 is 0. The third-order valence-corrected chi connectivity index (χ3v) is 3.81. The Morgan fingerprint density at radius 3 is 2.62 bits per heavy atom. The van der Waals surface area contributed by atoms with E-state index in [1.807, 2.05) is 0 Å². The van der Waals surface area contributed by atoms with Crippen molar-refractivity contribution in [2.24, 2.45) is 11.8 Å². The van der Waals surface area contributed by atoms with Gasteiger partial charge in [0, 0.05) is 19.1 Å². The lowest BCUT2D eigenvalue weighted by atomic mass is 9.99. The van der Waals surface area contributed by atoms with Crippen LogP contribution in [0.25, 0.3) is 0 Å². The summed E-state index contributed by atoms with van der Waals surface area (Å²) in [5.41, 5.74) is 0. The highest BCUT2D eigenvalue weighted by Crippen LogP contribution is 2.26. The van der Waals surface area contributed by atoms with Crippen molar-refractivity contribution in [3.05, 3.63) is 0 Å². The number of aliphatic carboxylic acids is 1. The van der Waals surface area contributed by atoms with E-state index in [2.05, 4.69) is 25.7 Å². The Bertz CT molecular complexity index is 230. The molecule has 1 unspecified atom stereocenters. The van der Waals surface area contributed by atoms with E-state index in [9.17, 15) is 4.79 Å². The van der Waals surface area contributed by atoms with Gasteiger partial charge in [-0.25, -0.2) is 0 Å². The standard InChI is InChI=1S/C13H25NO2/c1-4-5-6-7-11(3)14-8-10(2)12(9-14)13(15)16/h10-12H,4-9H2,1-3H3,(H,15,16)/t10-,11?,12-/m1/s1. The molecule has 0 radical (unpaired) electrons. The molecule has 0 amide bonds. The Morgan fingerprint density at radius 1 is 1.44 bits per heavy atom. The Balaban J connectivity index is 2.36. The average Bonchev–Trinajstić information content (AvgIpc) is 2.60. The summed E-state index contributed by atoms with van der Waals surface area (Å²) in [6.07, 6.45) is 5.00. The van der Waals surface area contributed by atoms with Crippen LogP contribution >= 0.6 is 0 Å². The Morgan fingerprint density at radius 2 is 2.12 bits per heavy atom. The van der Waals surface area contributed by atoms with Crippen LogP contribution in [0.3, 0.4) is 0 Å². The van der Waals surface area contributed by atoms with Crippen LogP contribution < -0.4 is 0 Å². The van der Waals surface area contributed by atoms with Crippen molar-refractivity contribution in [2.45, 2.75) is 52.5 Å². The van der Waals surface area contributed by atoms with Crippen molar-refractivity contribution in [1.29, 1.82) is 0 Å². The molecule has 0 saturated carbocycles. The Labute approximate surface area is 98.8 Å². The van der Waals surface area contributed by atoms with E-state index in [0.717, 1.165) is 13.1 Å². The maximum Gasteiger partial charge on any atom is 0.308 e. The van der Waals surface area contributed by atoms with Crippen molar-refractivity contribution in [1.82, 2.24) is 4.90 Å². The molecule has 0 bridgehead atoms. The maximum absolute atomic E-state index is 11.0. The molecule has 1 saturated heterocycles. The lowest BCUT2D eigenvalue weighted by Crippen LogP contribution is -2.31. The fraction of sp³-hybridized carbons (Fsp3) is 0.923. The molecule has 3 atom stereocenters. The predicted octanol–water partition coefficient (Wildman–Crippen LogP) is 2.61. The molecule has 1 fully saturated rings. The molecule has 0 spiro atoms. The van der Waals surface area contributed by atoms with Crippen molar-refractivity contribution >= 4 is 5.97 Å². The summed E-state index contributed by atoms with van der Waals surface area (Å²) in [5, 5.41) is 9.07. The van der Waals surface area contributed by atoms with Crippen LogP contribution in [0.15, 0.2) is 0 Å². The van der Waals surface area contributed by atoms with Crippen LogP contribution in [0.2, 0.25) is 0 Å². The van der Waals surface area contributed by atoms with Gasteiger partial charge in [-0.05, 0) is 19.3 Å². The van der Waals surface area contributed by atoms with E-state index < -0.39 is 5.97 Å². The minimum atomic E-state index is -0.629. The van der Waals surface area contributed by atoms with Crippen LogP contribution in [0.4, 0.5) is 0 Å². The first-order valence-electron chi connectivity index (χ1n) is 6.53. The summed E-state index contributed by atoms with van der Waals surface area (Å²) in [7, 11) is 0. The van der Waals surface area contributed by atoms with E-state index in [1.165, 1.54) is 25.7 Å². The Kier molecular flexibility index (Phi) is 5.26. The molecule has 94 valence electrons. The van der Waals surface area contributed by atoms with Crippen molar-refractivity contribution in [3.63, 3.8) is 0 Å². The van der Waals surface area contributed by atoms with Crippen molar-refractivity contribution in [3.8, 4) is 0 Å². The van der Waals surface area contributed by atoms with Crippen LogP contribution in [0.1, 0.15) is 46.5 Å². The van der Waals surface area contributed by atoms with Crippen molar-refractivity contribution < 1.29 is 9.90 Å². The van der Waals surface area contributed by atoms with Crippen molar-refractivity contribution in [2.75, 3.05) is 13.1 Å². The van der Waals surface area contributed by atoms with Gasteiger partial charge in [-0.3, -0.25) is 9.69 Å². The first kappa shape index (κ1) is 13.5. The highest BCUT2D eigenvalue weighted by atomic mass is 16.4. The maximum atomic E-state index is 11.0. The van der Waals surface area contributed by atoms with E-state index in [-0.39, 0.29) is 5.92 Å². The van der Waals surface area contributed by atoms with E-state index >= 15 is 0 Å². The number of carbonyl (C=O) groups is 1. The molecular weight excluding hydrogens is 202 g/mol. The second kappa shape index (κ2) is 6.24. The zero-order valence-corrected chi connectivity index (χ0v) is 10.8. The van der Waals surface area contributed by atoms with Gasteiger partial charge < -0.3 is 5.11 Å². The minimum Gasteiger partial charge on any atom is -0.481 e. The van der Waals surface area contributed by atoms with Gasteiger partial charge >= 0.3 is 5.97 Å². The first-order valence-corrected chi connectivity index (χ1v) is 6.53. The van der Waals surface area contributed by atoms with Crippen LogP contribution in [0, 0.1) is 11.8 Å². The van der Waals surface area contributed by atoms with E-state index in [4.69, 9.17) is 5.11 Å². The predicted molar refractivity (Wildman–Crippen MR) is 65.5 cm³/mol. The molecule has 1 aliphatic rings. The smallest absolute Gasteiger partial charge is 0.308 e. The topological polar surface area (TPSA) is 40.5 Å². The molecule has 16 heavy (non-hydrogen) atoms. The number of nitrogens with zero attached hydrogens (tertiary/aromatic N) is 1. The Hall–Kier alpha value is -0.570. The molecule has 3 heteroatoms. The third kappa shape index (κ3) is 3.48. The number of carboxylic acid groups (broad SMARTS) is 1. The molecule has 1 heterocycles. The van der Waals surface area contributed by atoms with Gasteiger partial charge in [-0.2, -0.15) is 0 Å². The number of hydrogen-bond donors (Lipinski definition) is 1.